The van der Waals surface area contributed by atoms with Crippen LogP contribution in [0.5, 0.6) is 0 Å². The number of benzene rings is 2. The van der Waals surface area contributed by atoms with Crippen LogP contribution >= 0.6 is 27.5 Å². The third-order valence-corrected chi connectivity index (χ3v) is 7.90. The SMILES string of the molecule is CC(C(=O)NC1CCCC1)N(Cc1cccc(Br)c1)C(=O)CN(c1ccc(F)c(Cl)c1)S(C)(=O)=O. The van der Waals surface area contributed by atoms with Crippen molar-refractivity contribution in [2.75, 3.05) is 17.1 Å². The summed E-state index contributed by atoms with van der Waals surface area (Å²) in [6.45, 7) is 1.15. The molecule has 0 spiro atoms. The van der Waals surface area contributed by atoms with E-state index < -0.39 is 34.3 Å². The summed E-state index contributed by atoms with van der Waals surface area (Å²) in [7, 11) is -3.92. The topological polar surface area (TPSA) is 86.8 Å². The molecule has 0 aliphatic heterocycles. The van der Waals surface area contributed by atoms with E-state index in [2.05, 4.69) is 21.2 Å². The summed E-state index contributed by atoms with van der Waals surface area (Å²) in [6.07, 6.45) is 4.83. The predicted octanol–water partition coefficient (Wildman–Crippen LogP) is 4.48. The van der Waals surface area contributed by atoms with Crippen molar-refractivity contribution in [2.24, 2.45) is 0 Å². The molecule has 7 nitrogen and oxygen atoms in total. The average Bonchev–Trinajstić information content (AvgIpc) is 3.29. The number of nitrogens with one attached hydrogen (secondary N) is 1. The lowest BCUT2D eigenvalue weighted by atomic mass is 10.1. The molecule has 1 aliphatic rings. The van der Waals surface area contributed by atoms with Crippen LogP contribution in [-0.4, -0.2) is 50.0 Å². The Labute approximate surface area is 218 Å². The lowest BCUT2D eigenvalue weighted by molar-refractivity contribution is -0.139. The highest BCUT2D eigenvalue weighted by atomic mass is 79.9. The molecule has 11 heteroatoms. The molecule has 0 heterocycles. The molecule has 2 aromatic rings. The first-order chi connectivity index (χ1) is 16.5. The van der Waals surface area contributed by atoms with E-state index in [9.17, 15) is 22.4 Å². The van der Waals surface area contributed by atoms with Crippen LogP contribution in [0.2, 0.25) is 5.02 Å². The van der Waals surface area contributed by atoms with Crippen molar-refractivity contribution in [1.82, 2.24) is 10.2 Å². The van der Waals surface area contributed by atoms with Gasteiger partial charge in [-0.15, -0.1) is 0 Å². The van der Waals surface area contributed by atoms with Gasteiger partial charge in [-0.1, -0.05) is 52.5 Å². The Bertz CT molecular complexity index is 1190. The lowest BCUT2D eigenvalue weighted by Crippen LogP contribution is -2.52. The second-order valence-electron chi connectivity index (χ2n) is 8.69. The molecule has 1 fully saturated rings. The van der Waals surface area contributed by atoms with Crippen molar-refractivity contribution in [3.05, 3.63) is 63.3 Å². The number of sulfonamides is 1. The quantitative estimate of drug-likeness (QED) is 0.468. The molecule has 190 valence electrons. The Morgan fingerprint density at radius 3 is 2.49 bits per heavy atom. The van der Waals surface area contributed by atoms with Crippen LogP contribution < -0.4 is 9.62 Å². The molecule has 0 saturated heterocycles. The summed E-state index contributed by atoms with van der Waals surface area (Å²) in [5.74, 6) is -1.58. The molecule has 2 amide bonds. The van der Waals surface area contributed by atoms with Gasteiger partial charge in [0.2, 0.25) is 21.8 Å². The van der Waals surface area contributed by atoms with E-state index in [0.29, 0.717) is 0 Å². The maximum atomic E-state index is 13.7. The van der Waals surface area contributed by atoms with Crippen LogP contribution in [-0.2, 0) is 26.2 Å². The summed E-state index contributed by atoms with van der Waals surface area (Å²) in [6, 6.07) is 9.96. The molecule has 1 saturated carbocycles. The van der Waals surface area contributed by atoms with Gasteiger partial charge < -0.3 is 10.2 Å². The van der Waals surface area contributed by atoms with Crippen LogP contribution in [0.4, 0.5) is 10.1 Å². The van der Waals surface area contributed by atoms with Crippen LogP contribution in [0.3, 0.4) is 0 Å². The average molecular weight is 589 g/mol. The minimum atomic E-state index is -3.92. The van der Waals surface area contributed by atoms with Gasteiger partial charge in [0.15, 0.2) is 0 Å². The molecule has 0 aromatic heterocycles. The molecule has 0 radical (unpaired) electrons. The Hall–Kier alpha value is -2.17. The zero-order valence-electron chi connectivity index (χ0n) is 19.5. The van der Waals surface area contributed by atoms with E-state index >= 15 is 0 Å². The fraction of sp³-hybridized carbons (Fsp3) is 0.417. The van der Waals surface area contributed by atoms with Crippen molar-refractivity contribution < 1.29 is 22.4 Å². The first-order valence-corrected chi connectivity index (χ1v) is 14.2. The molecule has 35 heavy (non-hydrogen) atoms. The van der Waals surface area contributed by atoms with E-state index in [-0.39, 0.29) is 29.2 Å². The monoisotopic (exact) mass is 587 g/mol. The lowest BCUT2D eigenvalue weighted by Gasteiger charge is -2.32. The third kappa shape index (κ3) is 7.41. The van der Waals surface area contributed by atoms with Gasteiger partial charge in [0, 0.05) is 17.1 Å². The normalized spacial score (nSPS) is 15.0. The fourth-order valence-electron chi connectivity index (χ4n) is 4.06. The molecule has 0 bridgehead atoms. The number of anilines is 1. The van der Waals surface area contributed by atoms with Gasteiger partial charge in [-0.3, -0.25) is 13.9 Å². The largest absolute Gasteiger partial charge is 0.352 e. The zero-order valence-corrected chi connectivity index (χ0v) is 22.7. The number of carbonyl (C=O) groups is 2. The molecular formula is C24H28BrClFN3O4S. The maximum Gasteiger partial charge on any atom is 0.244 e. The van der Waals surface area contributed by atoms with Crippen LogP contribution in [0.25, 0.3) is 0 Å². The van der Waals surface area contributed by atoms with E-state index in [0.717, 1.165) is 58.4 Å². The number of carbonyl (C=O) groups excluding carboxylic acids is 2. The Kier molecular flexibility index (Phi) is 9.17. The standard InChI is InChI=1S/C24H28BrClFN3O4S/c1-16(24(32)28-19-8-3-4-9-19)29(14-17-6-5-7-18(25)12-17)23(31)15-30(35(2,33)34)20-10-11-22(27)21(26)13-20/h5-7,10-13,16,19H,3-4,8-9,14-15H2,1-2H3,(H,28,32). The molecule has 1 unspecified atom stereocenters. The molecule has 1 atom stereocenters. The van der Waals surface area contributed by atoms with E-state index in [1.807, 2.05) is 24.3 Å². The van der Waals surface area contributed by atoms with Gasteiger partial charge in [0.1, 0.15) is 18.4 Å². The summed E-state index contributed by atoms with van der Waals surface area (Å²) in [4.78, 5) is 27.9. The minimum Gasteiger partial charge on any atom is -0.352 e. The van der Waals surface area contributed by atoms with E-state index in [1.54, 1.807) is 6.92 Å². The molecule has 1 aliphatic carbocycles. The molecular weight excluding hydrogens is 561 g/mol. The predicted molar refractivity (Wildman–Crippen MR) is 138 cm³/mol. The molecule has 3 rings (SSSR count). The van der Waals surface area contributed by atoms with Crippen LogP contribution in [0, 0.1) is 5.82 Å². The van der Waals surface area contributed by atoms with Crippen molar-refractivity contribution >= 4 is 55.1 Å². The van der Waals surface area contributed by atoms with Gasteiger partial charge in [-0.2, -0.15) is 0 Å². The van der Waals surface area contributed by atoms with Gasteiger partial charge >= 0.3 is 0 Å². The smallest absolute Gasteiger partial charge is 0.244 e. The summed E-state index contributed by atoms with van der Waals surface area (Å²) in [5, 5.41) is 2.74. The number of nitrogens with zero attached hydrogens (tertiary/aromatic N) is 2. The minimum absolute atomic E-state index is 0.0534. The second-order valence-corrected chi connectivity index (χ2v) is 11.9. The van der Waals surface area contributed by atoms with E-state index in [1.165, 1.54) is 11.0 Å². The number of amides is 2. The number of hydrogen-bond acceptors (Lipinski definition) is 4. The summed E-state index contributed by atoms with van der Waals surface area (Å²) in [5.41, 5.74) is 0.821. The highest BCUT2D eigenvalue weighted by molar-refractivity contribution is 9.10. The molecule has 1 N–H and O–H groups in total. The number of hydrogen-bond donors (Lipinski definition) is 1. The Morgan fingerprint density at radius 1 is 1.20 bits per heavy atom. The highest BCUT2D eigenvalue weighted by Crippen LogP contribution is 2.25. The van der Waals surface area contributed by atoms with E-state index in [4.69, 9.17) is 11.6 Å². The third-order valence-electron chi connectivity index (χ3n) is 5.98. The van der Waals surface area contributed by atoms with Gasteiger partial charge in [-0.05, 0) is 55.7 Å². The molecule has 2 aromatic carbocycles. The fourth-order valence-corrected chi connectivity index (χ4v) is 5.52. The number of halogens is 3. The van der Waals surface area contributed by atoms with Crippen LogP contribution in [0.15, 0.2) is 46.9 Å². The van der Waals surface area contributed by atoms with Crippen molar-refractivity contribution in [3.63, 3.8) is 0 Å². The first kappa shape index (κ1) is 27.4. The zero-order chi connectivity index (χ0) is 25.8. The number of rotatable bonds is 9. The summed E-state index contributed by atoms with van der Waals surface area (Å²) >= 11 is 9.26. The summed E-state index contributed by atoms with van der Waals surface area (Å²) < 4.78 is 40.4. The van der Waals surface area contributed by atoms with Gasteiger partial charge in [0.25, 0.3) is 0 Å². The van der Waals surface area contributed by atoms with Crippen molar-refractivity contribution in [3.8, 4) is 0 Å². The second kappa shape index (κ2) is 11.7. The van der Waals surface area contributed by atoms with Crippen LogP contribution in [0.1, 0.15) is 38.2 Å². The maximum absolute atomic E-state index is 13.7. The first-order valence-electron chi connectivity index (χ1n) is 11.2. The Morgan fingerprint density at radius 2 is 1.89 bits per heavy atom. The van der Waals surface area contributed by atoms with Crippen molar-refractivity contribution in [2.45, 2.75) is 51.2 Å². The van der Waals surface area contributed by atoms with Crippen molar-refractivity contribution in [1.29, 1.82) is 0 Å². The van der Waals surface area contributed by atoms with Gasteiger partial charge in [0.05, 0.1) is 17.0 Å². The van der Waals surface area contributed by atoms with Gasteiger partial charge in [-0.25, -0.2) is 12.8 Å². The highest BCUT2D eigenvalue weighted by Gasteiger charge is 2.31. The Balaban J connectivity index is 1.89.